The van der Waals surface area contributed by atoms with Crippen LogP contribution in [0.15, 0.2) is 35.1 Å². The van der Waals surface area contributed by atoms with Gasteiger partial charge in [0, 0.05) is 24.9 Å². The lowest BCUT2D eigenvalue weighted by Crippen LogP contribution is -2.22. The maximum absolute atomic E-state index is 13.3. The van der Waals surface area contributed by atoms with Crippen molar-refractivity contribution in [3.05, 3.63) is 51.1 Å². The zero-order valence-electron chi connectivity index (χ0n) is 17.7. The van der Waals surface area contributed by atoms with Crippen LogP contribution >= 0.6 is 11.6 Å². The molecule has 0 radical (unpaired) electrons. The quantitative estimate of drug-likeness (QED) is 0.451. The van der Waals surface area contributed by atoms with Crippen LogP contribution in [-0.2, 0) is 21.5 Å². The molecule has 1 aromatic heterocycles. The number of hydrogen-bond donors (Lipinski definition) is 0. The smallest absolute Gasteiger partial charge is 0.325 e. The van der Waals surface area contributed by atoms with Crippen molar-refractivity contribution in [2.45, 2.75) is 32.7 Å². The molecule has 2 aromatic carbocycles. The lowest BCUT2D eigenvalue weighted by Gasteiger charge is -2.23. The number of ether oxygens (including phenoxy) is 1. The van der Waals surface area contributed by atoms with Crippen LogP contribution in [0.3, 0.4) is 0 Å². The maximum atomic E-state index is 13.3. The Morgan fingerprint density at radius 2 is 1.90 bits per heavy atom. The molecule has 0 N–H and O–H groups in total. The van der Waals surface area contributed by atoms with Gasteiger partial charge in [-0.3, -0.25) is 9.59 Å². The lowest BCUT2D eigenvalue weighted by atomic mass is 9.85. The number of benzene rings is 2. The van der Waals surface area contributed by atoms with Gasteiger partial charge in [-0.05, 0) is 50.6 Å². The van der Waals surface area contributed by atoms with E-state index in [1.54, 1.807) is 41.8 Å². The minimum absolute atomic E-state index is 0.0846. The van der Waals surface area contributed by atoms with Gasteiger partial charge < -0.3 is 14.2 Å². The van der Waals surface area contributed by atoms with Crippen LogP contribution in [0.2, 0.25) is 5.02 Å². The first-order valence-corrected chi connectivity index (χ1v) is 10.0. The Hall–Kier alpha value is -3.04. The van der Waals surface area contributed by atoms with E-state index in [1.165, 1.54) is 0 Å². The third-order valence-corrected chi connectivity index (χ3v) is 5.50. The Balaban J connectivity index is 2.54. The number of anilines is 1. The topological polar surface area (TPSA) is 75.3 Å². The summed E-state index contributed by atoms with van der Waals surface area (Å²) in [7, 11) is 3.67. The van der Waals surface area contributed by atoms with Crippen molar-refractivity contribution in [1.29, 1.82) is 5.26 Å². The molecular weight excluding hydrogens is 402 g/mol. The van der Waals surface area contributed by atoms with Crippen molar-refractivity contribution in [3.63, 3.8) is 0 Å². The number of fused-ring (bicyclic) bond motifs is 2. The molecule has 0 atom stereocenters. The number of hydrogen-bond acceptors (Lipinski definition) is 5. The second-order valence-electron chi connectivity index (χ2n) is 7.88. The van der Waals surface area contributed by atoms with Crippen LogP contribution in [0.4, 0.5) is 5.69 Å². The molecule has 7 heteroatoms. The average Bonchev–Trinajstić information content (AvgIpc) is 2.70. The van der Waals surface area contributed by atoms with Crippen molar-refractivity contribution in [3.8, 4) is 6.07 Å². The van der Waals surface area contributed by atoms with Crippen molar-refractivity contribution < 1.29 is 9.53 Å². The molecule has 3 rings (SSSR count). The summed E-state index contributed by atoms with van der Waals surface area (Å²) in [6.45, 7) is 5.53. The molecule has 0 bridgehead atoms. The van der Waals surface area contributed by atoms with Gasteiger partial charge in [-0.25, -0.2) is 0 Å². The van der Waals surface area contributed by atoms with Crippen LogP contribution in [0.5, 0.6) is 0 Å². The third-order valence-electron chi connectivity index (χ3n) is 5.19. The van der Waals surface area contributed by atoms with E-state index < -0.39 is 11.4 Å². The first-order valence-electron chi connectivity index (χ1n) is 9.65. The number of halogens is 1. The van der Waals surface area contributed by atoms with Gasteiger partial charge in [-0.15, -0.1) is 0 Å². The predicted molar refractivity (Wildman–Crippen MR) is 120 cm³/mol. The number of esters is 1. The molecule has 156 valence electrons. The Labute approximate surface area is 180 Å². The van der Waals surface area contributed by atoms with E-state index in [0.717, 1.165) is 5.56 Å². The molecule has 0 saturated heterocycles. The molecule has 0 saturated carbocycles. The highest BCUT2D eigenvalue weighted by Crippen LogP contribution is 2.35. The highest BCUT2D eigenvalue weighted by atomic mass is 35.5. The molecule has 0 aliphatic rings. The molecule has 0 unspecified atom stereocenters. The average molecular weight is 426 g/mol. The molecule has 6 nitrogen and oxygen atoms in total. The fourth-order valence-corrected chi connectivity index (χ4v) is 3.92. The van der Waals surface area contributed by atoms with Crippen LogP contribution in [0.1, 0.15) is 26.3 Å². The first-order chi connectivity index (χ1) is 14.1. The fourth-order valence-electron chi connectivity index (χ4n) is 3.60. The molecule has 30 heavy (non-hydrogen) atoms. The summed E-state index contributed by atoms with van der Waals surface area (Å²) in [6, 6.07) is 11.0. The van der Waals surface area contributed by atoms with E-state index in [4.69, 9.17) is 16.3 Å². The Morgan fingerprint density at radius 1 is 1.23 bits per heavy atom. The van der Waals surface area contributed by atoms with Gasteiger partial charge in [0.2, 0.25) is 0 Å². The van der Waals surface area contributed by atoms with Crippen LogP contribution in [0, 0.1) is 11.3 Å². The van der Waals surface area contributed by atoms with E-state index in [1.807, 2.05) is 32.8 Å². The van der Waals surface area contributed by atoms with Crippen molar-refractivity contribution >= 4 is 45.1 Å². The largest absolute Gasteiger partial charge is 0.465 e. The van der Waals surface area contributed by atoms with Gasteiger partial charge in [0.1, 0.15) is 6.54 Å². The summed E-state index contributed by atoms with van der Waals surface area (Å²) in [5, 5.41) is 11.0. The second-order valence-corrected chi connectivity index (χ2v) is 8.28. The van der Waals surface area contributed by atoms with Crippen LogP contribution < -0.4 is 10.3 Å². The first kappa shape index (κ1) is 21.7. The highest BCUT2D eigenvalue weighted by molar-refractivity contribution is 6.35. The molecule has 3 aromatic rings. The number of carbonyl (C=O) groups excluding carboxylic acids is 1. The van der Waals surface area contributed by atoms with Crippen molar-refractivity contribution in [2.75, 3.05) is 25.6 Å². The van der Waals surface area contributed by atoms with E-state index in [-0.39, 0.29) is 18.6 Å². The number of carbonyl (C=O) groups is 1. The molecule has 0 aliphatic heterocycles. The van der Waals surface area contributed by atoms with Gasteiger partial charge in [0.15, 0.2) is 5.43 Å². The maximum Gasteiger partial charge on any atom is 0.325 e. The predicted octanol–water partition coefficient (Wildman–Crippen LogP) is 4.24. The number of pyridine rings is 1. The summed E-state index contributed by atoms with van der Waals surface area (Å²) in [4.78, 5) is 27.6. The Bertz CT molecular complexity index is 1250. The highest BCUT2D eigenvalue weighted by Gasteiger charge is 2.24. The zero-order valence-corrected chi connectivity index (χ0v) is 18.5. The Morgan fingerprint density at radius 3 is 2.50 bits per heavy atom. The lowest BCUT2D eigenvalue weighted by molar-refractivity contribution is -0.143. The summed E-state index contributed by atoms with van der Waals surface area (Å²) in [6.07, 6.45) is 0. The number of nitrogens with zero attached hydrogens (tertiary/aromatic N) is 3. The van der Waals surface area contributed by atoms with Gasteiger partial charge in [0.05, 0.1) is 39.8 Å². The minimum Gasteiger partial charge on any atom is -0.465 e. The van der Waals surface area contributed by atoms with Crippen LogP contribution in [0.25, 0.3) is 21.8 Å². The SMILES string of the molecule is CCOC(=O)Cn1c2cc(C(C)(C)C#N)ccc2c(=O)c2ccc(Cl)c(N(C)C)c21. The van der Waals surface area contributed by atoms with Gasteiger partial charge in [0.25, 0.3) is 0 Å². The second kappa shape index (κ2) is 8.00. The van der Waals surface area contributed by atoms with E-state index in [9.17, 15) is 14.9 Å². The fraction of sp³-hybridized carbons (Fsp3) is 0.348. The summed E-state index contributed by atoms with van der Waals surface area (Å²) >= 11 is 6.48. The van der Waals surface area contributed by atoms with Crippen molar-refractivity contribution in [1.82, 2.24) is 4.57 Å². The molecule has 0 spiro atoms. The van der Waals surface area contributed by atoms with Gasteiger partial charge in [-0.1, -0.05) is 17.7 Å². The van der Waals surface area contributed by atoms with E-state index >= 15 is 0 Å². The summed E-state index contributed by atoms with van der Waals surface area (Å²) < 4.78 is 6.95. The Kier molecular flexibility index (Phi) is 5.78. The molecular formula is C23H24ClN3O3. The molecule has 1 heterocycles. The van der Waals surface area contributed by atoms with E-state index in [0.29, 0.717) is 32.5 Å². The summed E-state index contributed by atoms with van der Waals surface area (Å²) in [5.41, 5.74) is 1.61. The van der Waals surface area contributed by atoms with Crippen molar-refractivity contribution in [2.24, 2.45) is 0 Å². The minimum atomic E-state index is -0.757. The van der Waals surface area contributed by atoms with E-state index in [2.05, 4.69) is 6.07 Å². The molecule has 0 aliphatic carbocycles. The monoisotopic (exact) mass is 425 g/mol. The summed E-state index contributed by atoms with van der Waals surface area (Å²) in [5.74, 6) is -0.418. The number of aromatic nitrogens is 1. The van der Waals surface area contributed by atoms with Gasteiger partial charge in [-0.2, -0.15) is 5.26 Å². The number of nitriles is 1. The van der Waals surface area contributed by atoms with Gasteiger partial charge >= 0.3 is 5.97 Å². The number of rotatable bonds is 5. The normalized spacial score (nSPS) is 11.5. The zero-order chi connectivity index (χ0) is 22.2. The standard InChI is InChI=1S/C23H24ClN3O3/c1-6-30-19(28)12-27-18-11-14(23(2,3)13-25)7-8-15(18)22(29)16-9-10-17(24)21(20(16)27)26(4)5/h7-11H,6,12H2,1-5H3. The molecule has 0 fully saturated rings. The third kappa shape index (κ3) is 3.61. The molecule has 0 amide bonds. The van der Waals surface area contributed by atoms with Crippen LogP contribution in [-0.4, -0.2) is 31.2 Å².